The van der Waals surface area contributed by atoms with E-state index in [0.29, 0.717) is 17.5 Å². The van der Waals surface area contributed by atoms with Crippen LogP contribution in [0.15, 0.2) is 291 Å². The van der Waals surface area contributed by atoms with Gasteiger partial charge in [-0.15, -0.1) is 0 Å². The van der Waals surface area contributed by atoms with Gasteiger partial charge in [-0.25, -0.2) is 15.0 Å². The minimum Gasteiger partial charge on any atom is -0.309 e. The van der Waals surface area contributed by atoms with Crippen molar-refractivity contribution in [1.29, 1.82) is 0 Å². The highest BCUT2D eigenvalue weighted by Crippen LogP contribution is 2.46. The molecule has 0 aliphatic heterocycles. The number of hydrogen-bond donors (Lipinski definition) is 0. The van der Waals surface area contributed by atoms with Gasteiger partial charge in [-0.05, 0) is 101 Å². The average Bonchev–Trinajstić information content (AvgIpc) is 4.42. The second-order valence-electron chi connectivity index (χ2n) is 20.7. The van der Waals surface area contributed by atoms with Crippen molar-refractivity contribution >= 4 is 65.4 Å². The van der Waals surface area contributed by atoms with Crippen LogP contribution in [-0.2, 0) is 0 Å². The summed E-state index contributed by atoms with van der Waals surface area (Å²) in [4.78, 5) is 15.9. The molecule has 0 N–H and O–H groups in total. The average molecular weight is 1030 g/mol. The molecule has 6 heteroatoms. The molecule has 12 aromatic carbocycles. The summed E-state index contributed by atoms with van der Waals surface area (Å²) < 4.78 is 7.26. The fourth-order valence-electron chi connectivity index (χ4n) is 12.4. The van der Waals surface area contributed by atoms with Crippen molar-refractivity contribution in [3.8, 4) is 84.6 Å². The van der Waals surface area contributed by atoms with Crippen molar-refractivity contribution in [2.45, 2.75) is 0 Å². The Kier molecular flexibility index (Phi) is 10.8. The Morgan fingerprint density at radius 3 is 0.914 bits per heavy atom. The zero-order valence-electron chi connectivity index (χ0n) is 43.9. The van der Waals surface area contributed by atoms with E-state index in [0.717, 1.165) is 67.0 Å². The van der Waals surface area contributed by atoms with Crippen molar-refractivity contribution in [1.82, 2.24) is 28.7 Å². The molecule has 0 saturated heterocycles. The number of fused-ring (bicyclic) bond motifs is 9. The number of para-hydroxylation sites is 5. The third-order valence-corrected chi connectivity index (χ3v) is 16.1. The molecule has 0 aliphatic carbocycles. The van der Waals surface area contributed by atoms with Crippen molar-refractivity contribution in [2.24, 2.45) is 0 Å². The van der Waals surface area contributed by atoms with E-state index in [2.05, 4.69) is 268 Å². The van der Waals surface area contributed by atoms with Crippen LogP contribution in [0.1, 0.15) is 0 Å². The van der Waals surface area contributed by atoms with Gasteiger partial charge in [0.1, 0.15) is 0 Å². The minimum absolute atomic E-state index is 0.579. The molecule has 0 amide bonds. The van der Waals surface area contributed by atoms with E-state index in [1.807, 2.05) is 36.4 Å². The van der Waals surface area contributed by atoms with Gasteiger partial charge in [0.2, 0.25) is 0 Å². The van der Waals surface area contributed by atoms with Crippen molar-refractivity contribution in [3.05, 3.63) is 291 Å². The van der Waals surface area contributed by atoms with Crippen molar-refractivity contribution in [3.63, 3.8) is 0 Å². The second-order valence-corrected chi connectivity index (χ2v) is 20.7. The summed E-state index contributed by atoms with van der Waals surface area (Å²) in [7, 11) is 0. The topological polar surface area (TPSA) is 53.5 Å². The van der Waals surface area contributed by atoms with Gasteiger partial charge in [0.25, 0.3) is 0 Å². The summed E-state index contributed by atoms with van der Waals surface area (Å²) in [5.41, 5.74) is 19.3. The standard InChI is InChI=1S/C75H48N6/c1-4-20-49(21-5-1)54-40-45-71-65(46-54)62-30-14-19-35-70(62)81(71)72-63(50-36-41-56(42-37-50)79-66-31-15-10-26-58(66)59-27-11-16-32-67(59)79)47-55(75-77-73(52-22-6-2-7-23-52)76-74(78-75)53-24-8-3-9-25-53)48-64(72)51-38-43-57(44-39-51)80-68-33-17-12-28-60(68)61-29-13-18-34-69(61)80/h1-48H. The maximum Gasteiger partial charge on any atom is 0.164 e. The molecule has 0 unspecified atom stereocenters. The number of benzene rings is 12. The first-order chi connectivity index (χ1) is 40.2. The van der Waals surface area contributed by atoms with Crippen LogP contribution in [0.25, 0.3) is 150 Å². The summed E-state index contributed by atoms with van der Waals surface area (Å²) >= 11 is 0. The van der Waals surface area contributed by atoms with E-state index < -0.39 is 0 Å². The predicted molar refractivity (Wildman–Crippen MR) is 335 cm³/mol. The minimum atomic E-state index is 0.579. The summed E-state index contributed by atoms with van der Waals surface area (Å²) in [6.07, 6.45) is 0. The second kappa shape index (κ2) is 18.9. The van der Waals surface area contributed by atoms with E-state index in [1.54, 1.807) is 0 Å². The van der Waals surface area contributed by atoms with Crippen LogP contribution in [0, 0.1) is 0 Å². The molecule has 0 aliphatic rings. The smallest absolute Gasteiger partial charge is 0.164 e. The molecular weight excluding hydrogens is 985 g/mol. The van der Waals surface area contributed by atoms with Gasteiger partial charge in [-0.1, -0.05) is 212 Å². The van der Waals surface area contributed by atoms with Gasteiger partial charge in [0.05, 0.1) is 38.8 Å². The van der Waals surface area contributed by atoms with Crippen LogP contribution < -0.4 is 0 Å². The molecule has 81 heavy (non-hydrogen) atoms. The Morgan fingerprint density at radius 1 is 0.198 bits per heavy atom. The Morgan fingerprint density at radius 2 is 0.506 bits per heavy atom. The number of aromatic nitrogens is 6. The van der Waals surface area contributed by atoms with Crippen LogP contribution >= 0.6 is 0 Å². The number of nitrogens with zero attached hydrogens (tertiary/aromatic N) is 6. The SMILES string of the molecule is c1ccc(-c2ccc3c(c2)c2ccccc2n3-c2c(-c3ccc(-n4c5ccccc5c5ccccc54)cc3)cc(-c3nc(-c4ccccc4)nc(-c4ccccc4)n3)cc2-c2ccc(-n3c4ccccc4c4ccccc43)cc2)cc1. The Hall–Kier alpha value is -11.0. The number of rotatable bonds is 9. The lowest BCUT2D eigenvalue weighted by Crippen LogP contribution is -2.04. The van der Waals surface area contributed by atoms with Crippen molar-refractivity contribution in [2.75, 3.05) is 0 Å². The van der Waals surface area contributed by atoms with Crippen LogP contribution in [0.2, 0.25) is 0 Å². The van der Waals surface area contributed by atoms with Crippen molar-refractivity contribution < 1.29 is 0 Å². The maximum absolute atomic E-state index is 5.38. The fourth-order valence-corrected chi connectivity index (χ4v) is 12.4. The van der Waals surface area contributed by atoms with Crippen LogP contribution in [0.3, 0.4) is 0 Å². The normalized spacial score (nSPS) is 11.7. The summed E-state index contributed by atoms with van der Waals surface area (Å²) in [6, 6.07) is 105. The summed E-state index contributed by atoms with van der Waals surface area (Å²) in [6.45, 7) is 0. The predicted octanol–water partition coefficient (Wildman–Crippen LogP) is 19.2. The molecule has 0 spiro atoms. The van der Waals surface area contributed by atoms with Gasteiger partial charge in [-0.3, -0.25) is 0 Å². The van der Waals surface area contributed by atoms with Gasteiger partial charge < -0.3 is 13.7 Å². The third-order valence-electron chi connectivity index (χ3n) is 16.1. The molecule has 4 aromatic heterocycles. The Balaban J connectivity index is 0.993. The number of hydrogen-bond acceptors (Lipinski definition) is 3. The molecule has 378 valence electrons. The molecule has 6 nitrogen and oxygen atoms in total. The largest absolute Gasteiger partial charge is 0.309 e. The zero-order valence-corrected chi connectivity index (χ0v) is 43.9. The lowest BCUT2D eigenvalue weighted by Gasteiger charge is -2.22. The van der Waals surface area contributed by atoms with Crippen LogP contribution in [-0.4, -0.2) is 28.7 Å². The van der Waals surface area contributed by atoms with Crippen LogP contribution in [0.5, 0.6) is 0 Å². The van der Waals surface area contributed by atoms with E-state index in [4.69, 9.17) is 15.0 Å². The quantitative estimate of drug-likeness (QED) is 0.145. The first kappa shape index (κ1) is 46.2. The van der Waals surface area contributed by atoms with E-state index >= 15 is 0 Å². The Bertz CT molecular complexity index is 4730. The summed E-state index contributed by atoms with van der Waals surface area (Å²) in [5.74, 6) is 1.79. The van der Waals surface area contributed by atoms with Crippen LogP contribution in [0.4, 0.5) is 0 Å². The van der Waals surface area contributed by atoms with Gasteiger partial charge >= 0.3 is 0 Å². The fraction of sp³-hybridized carbons (Fsp3) is 0. The molecule has 16 rings (SSSR count). The highest BCUT2D eigenvalue weighted by Gasteiger charge is 2.25. The molecule has 0 radical (unpaired) electrons. The molecular formula is C75H48N6. The Labute approximate surface area is 467 Å². The van der Waals surface area contributed by atoms with Gasteiger partial charge in [0.15, 0.2) is 17.5 Å². The highest BCUT2D eigenvalue weighted by molar-refractivity contribution is 6.13. The van der Waals surface area contributed by atoms with Gasteiger partial charge in [0, 0.05) is 71.5 Å². The lowest BCUT2D eigenvalue weighted by atomic mass is 9.92. The molecule has 4 heterocycles. The molecule has 0 atom stereocenters. The highest BCUT2D eigenvalue weighted by atomic mass is 15.0. The first-order valence-electron chi connectivity index (χ1n) is 27.5. The lowest BCUT2D eigenvalue weighted by molar-refractivity contribution is 1.07. The van der Waals surface area contributed by atoms with E-state index in [9.17, 15) is 0 Å². The van der Waals surface area contributed by atoms with E-state index in [-0.39, 0.29) is 0 Å². The monoisotopic (exact) mass is 1030 g/mol. The molecule has 16 aromatic rings. The maximum atomic E-state index is 5.38. The summed E-state index contributed by atoms with van der Waals surface area (Å²) in [5, 5.41) is 7.25. The zero-order chi connectivity index (χ0) is 53.4. The first-order valence-corrected chi connectivity index (χ1v) is 27.5. The molecule has 0 saturated carbocycles. The van der Waals surface area contributed by atoms with Gasteiger partial charge in [-0.2, -0.15) is 0 Å². The third kappa shape index (κ3) is 7.68. The molecule has 0 bridgehead atoms. The van der Waals surface area contributed by atoms with E-state index in [1.165, 1.54) is 65.5 Å². The molecule has 0 fully saturated rings.